The molecule has 2 aromatic carbocycles. The van der Waals surface area contributed by atoms with Gasteiger partial charge in [0.1, 0.15) is 6.61 Å². The maximum absolute atomic E-state index is 12.4. The van der Waals surface area contributed by atoms with Crippen LogP contribution in [0, 0.1) is 0 Å². The zero-order valence-electron chi connectivity index (χ0n) is 13.8. The molecule has 0 spiro atoms. The number of nitrogens with one attached hydrogen (secondary N) is 1. The maximum Gasteiger partial charge on any atom is 0.252 e. The van der Waals surface area contributed by atoms with Crippen molar-refractivity contribution in [2.45, 2.75) is 13.2 Å². The van der Waals surface area contributed by atoms with Crippen molar-refractivity contribution in [3.05, 3.63) is 93.0 Å². The van der Waals surface area contributed by atoms with Crippen LogP contribution in [-0.4, -0.2) is 10.9 Å². The summed E-state index contributed by atoms with van der Waals surface area (Å²) in [4.78, 5) is 16.7. The summed E-state index contributed by atoms with van der Waals surface area (Å²) in [6.45, 7) is 0.717. The fourth-order valence-electron chi connectivity index (χ4n) is 2.36. The summed E-state index contributed by atoms with van der Waals surface area (Å²) in [6.07, 6.45) is 1.67. The molecule has 0 aliphatic heterocycles. The Morgan fingerprint density at radius 3 is 2.73 bits per heavy atom. The molecule has 0 unspecified atom stereocenters. The number of carbonyl (C=O) groups excluding carboxylic acids is 1. The fourth-order valence-corrected chi connectivity index (χ4v) is 2.96. The molecule has 3 aromatic rings. The molecule has 6 heteroatoms. The van der Waals surface area contributed by atoms with Crippen LogP contribution in [0.3, 0.4) is 0 Å². The Labute approximate surface area is 165 Å². The summed E-state index contributed by atoms with van der Waals surface area (Å²) in [5, 5.41) is 3.38. The van der Waals surface area contributed by atoms with Crippen molar-refractivity contribution in [2.24, 2.45) is 0 Å². The first-order chi connectivity index (χ1) is 12.6. The smallest absolute Gasteiger partial charge is 0.252 e. The monoisotopic (exact) mass is 430 g/mol. The Balaban J connectivity index is 1.66. The van der Waals surface area contributed by atoms with Gasteiger partial charge in [-0.25, -0.2) is 4.98 Å². The first-order valence-electron chi connectivity index (χ1n) is 7.97. The second-order valence-corrected chi connectivity index (χ2v) is 6.84. The van der Waals surface area contributed by atoms with E-state index in [0.717, 1.165) is 11.1 Å². The van der Waals surface area contributed by atoms with Gasteiger partial charge in [0.05, 0.1) is 5.56 Å². The Morgan fingerprint density at radius 1 is 1.12 bits per heavy atom. The lowest BCUT2D eigenvalue weighted by Crippen LogP contribution is -2.23. The third-order valence-corrected chi connectivity index (χ3v) is 4.61. The standard InChI is InChI=1S/C20H16BrClN2O2/c21-18-9-8-16(22)11-17(18)19(25)24-12-15-7-4-10-23-20(15)26-13-14-5-2-1-3-6-14/h1-11H,12-13H2,(H,24,25). The topological polar surface area (TPSA) is 51.2 Å². The van der Waals surface area contributed by atoms with Crippen LogP contribution in [0.5, 0.6) is 5.88 Å². The second-order valence-electron chi connectivity index (χ2n) is 5.55. The van der Waals surface area contributed by atoms with E-state index in [1.165, 1.54) is 0 Å². The predicted octanol–water partition coefficient (Wildman–Crippen LogP) is 5.01. The van der Waals surface area contributed by atoms with Gasteiger partial charge in [0, 0.05) is 27.8 Å². The second kappa shape index (κ2) is 8.83. The molecule has 1 N–H and O–H groups in total. The number of carbonyl (C=O) groups is 1. The number of rotatable bonds is 6. The van der Waals surface area contributed by atoms with Crippen LogP contribution in [0.1, 0.15) is 21.5 Å². The number of amides is 1. The number of halogens is 2. The van der Waals surface area contributed by atoms with Gasteiger partial charge in [-0.15, -0.1) is 0 Å². The summed E-state index contributed by atoms with van der Waals surface area (Å²) >= 11 is 9.34. The Morgan fingerprint density at radius 2 is 1.92 bits per heavy atom. The molecule has 3 rings (SSSR count). The fraction of sp³-hybridized carbons (Fsp3) is 0.100. The number of ether oxygens (including phenoxy) is 1. The van der Waals surface area contributed by atoms with E-state index >= 15 is 0 Å². The average molecular weight is 432 g/mol. The molecule has 1 amide bonds. The number of benzene rings is 2. The number of nitrogens with zero attached hydrogens (tertiary/aromatic N) is 1. The third kappa shape index (κ3) is 4.84. The number of hydrogen-bond acceptors (Lipinski definition) is 3. The van der Waals surface area contributed by atoms with E-state index in [2.05, 4.69) is 26.2 Å². The molecule has 0 fully saturated rings. The van der Waals surface area contributed by atoms with Gasteiger partial charge < -0.3 is 10.1 Å². The molecule has 4 nitrogen and oxygen atoms in total. The maximum atomic E-state index is 12.4. The van der Waals surface area contributed by atoms with E-state index in [9.17, 15) is 4.79 Å². The largest absolute Gasteiger partial charge is 0.473 e. The minimum atomic E-state index is -0.225. The van der Waals surface area contributed by atoms with E-state index in [1.807, 2.05) is 42.5 Å². The van der Waals surface area contributed by atoms with Crippen molar-refractivity contribution in [2.75, 3.05) is 0 Å². The number of aromatic nitrogens is 1. The van der Waals surface area contributed by atoms with E-state index in [1.54, 1.807) is 24.4 Å². The summed E-state index contributed by atoms with van der Waals surface area (Å²) in [7, 11) is 0. The summed E-state index contributed by atoms with van der Waals surface area (Å²) in [5.41, 5.74) is 2.33. The van der Waals surface area contributed by atoms with E-state index in [-0.39, 0.29) is 5.91 Å². The van der Waals surface area contributed by atoms with E-state index in [0.29, 0.717) is 34.1 Å². The molecule has 1 aromatic heterocycles. The first kappa shape index (κ1) is 18.4. The van der Waals surface area contributed by atoms with Crippen molar-refractivity contribution >= 4 is 33.4 Å². The van der Waals surface area contributed by atoms with Gasteiger partial charge in [-0.2, -0.15) is 0 Å². The highest BCUT2D eigenvalue weighted by Crippen LogP contribution is 2.22. The van der Waals surface area contributed by atoms with Crippen LogP contribution >= 0.6 is 27.5 Å². The lowest BCUT2D eigenvalue weighted by molar-refractivity contribution is 0.0949. The lowest BCUT2D eigenvalue weighted by Gasteiger charge is -2.12. The Hall–Kier alpha value is -2.37. The van der Waals surface area contributed by atoms with Crippen LogP contribution in [0.15, 0.2) is 71.3 Å². The predicted molar refractivity (Wildman–Crippen MR) is 105 cm³/mol. The molecule has 0 aliphatic rings. The molecule has 0 saturated heterocycles. The SMILES string of the molecule is O=C(NCc1cccnc1OCc1ccccc1)c1cc(Cl)ccc1Br. The van der Waals surface area contributed by atoms with Crippen LogP contribution in [0.2, 0.25) is 5.02 Å². The highest BCUT2D eigenvalue weighted by atomic mass is 79.9. The molecule has 0 bridgehead atoms. The van der Waals surface area contributed by atoms with Crippen molar-refractivity contribution < 1.29 is 9.53 Å². The molecule has 0 aliphatic carbocycles. The van der Waals surface area contributed by atoms with Crippen LogP contribution in [0.4, 0.5) is 0 Å². The van der Waals surface area contributed by atoms with Crippen molar-refractivity contribution in [1.82, 2.24) is 10.3 Å². The molecule has 26 heavy (non-hydrogen) atoms. The molecular formula is C20H16BrClN2O2. The van der Waals surface area contributed by atoms with Gasteiger partial charge in [-0.3, -0.25) is 4.79 Å². The molecule has 0 atom stereocenters. The average Bonchev–Trinajstić information content (AvgIpc) is 2.67. The minimum Gasteiger partial charge on any atom is -0.473 e. The summed E-state index contributed by atoms with van der Waals surface area (Å²) < 4.78 is 6.50. The first-order valence-corrected chi connectivity index (χ1v) is 9.14. The molecule has 0 saturated carbocycles. The Kier molecular flexibility index (Phi) is 6.26. The molecule has 0 radical (unpaired) electrons. The number of pyridine rings is 1. The normalized spacial score (nSPS) is 10.4. The van der Waals surface area contributed by atoms with Crippen molar-refractivity contribution in [3.63, 3.8) is 0 Å². The summed E-state index contributed by atoms with van der Waals surface area (Å²) in [6, 6.07) is 18.6. The van der Waals surface area contributed by atoms with Gasteiger partial charge in [0.2, 0.25) is 5.88 Å². The molecule has 132 valence electrons. The Bertz CT molecular complexity index is 903. The minimum absolute atomic E-state index is 0.225. The van der Waals surface area contributed by atoms with E-state index in [4.69, 9.17) is 16.3 Å². The van der Waals surface area contributed by atoms with Gasteiger partial charge in [-0.1, -0.05) is 48.0 Å². The number of hydrogen-bond donors (Lipinski definition) is 1. The van der Waals surface area contributed by atoms with E-state index < -0.39 is 0 Å². The zero-order valence-corrected chi connectivity index (χ0v) is 16.1. The zero-order chi connectivity index (χ0) is 18.4. The molecule has 1 heterocycles. The van der Waals surface area contributed by atoms with Crippen molar-refractivity contribution in [1.29, 1.82) is 0 Å². The quantitative estimate of drug-likeness (QED) is 0.597. The highest BCUT2D eigenvalue weighted by molar-refractivity contribution is 9.10. The van der Waals surface area contributed by atoms with Crippen molar-refractivity contribution in [3.8, 4) is 5.88 Å². The third-order valence-electron chi connectivity index (χ3n) is 3.68. The van der Waals surface area contributed by atoms with Gasteiger partial charge in [-0.05, 0) is 45.8 Å². The van der Waals surface area contributed by atoms with Gasteiger partial charge >= 0.3 is 0 Å². The van der Waals surface area contributed by atoms with Crippen LogP contribution < -0.4 is 10.1 Å². The van der Waals surface area contributed by atoms with Gasteiger partial charge in [0.25, 0.3) is 5.91 Å². The van der Waals surface area contributed by atoms with Crippen LogP contribution in [0.25, 0.3) is 0 Å². The highest BCUT2D eigenvalue weighted by Gasteiger charge is 2.12. The lowest BCUT2D eigenvalue weighted by atomic mass is 10.2. The molecular weight excluding hydrogens is 416 g/mol. The van der Waals surface area contributed by atoms with Gasteiger partial charge in [0.15, 0.2) is 0 Å². The van der Waals surface area contributed by atoms with Crippen LogP contribution in [-0.2, 0) is 13.2 Å². The summed E-state index contributed by atoms with van der Waals surface area (Å²) in [5.74, 6) is 0.277.